The molecule has 0 radical (unpaired) electrons. The number of carbonyl (C=O) groups is 1. The van der Waals surface area contributed by atoms with Crippen LogP contribution in [0.2, 0.25) is 0 Å². The summed E-state index contributed by atoms with van der Waals surface area (Å²) in [6.45, 7) is 10.0. The zero-order valence-corrected chi connectivity index (χ0v) is 23.2. The molecule has 5 rings (SSSR count). The Labute approximate surface area is 232 Å². The van der Waals surface area contributed by atoms with Gasteiger partial charge in [-0.2, -0.15) is 10.2 Å². The van der Waals surface area contributed by atoms with Crippen LogP contribution in [0.1, 0.15) is 32.0 Å². The number of rotatable bonds is 5. The summed E-state index contributed by atoms with van der Waals surface area (Å²) in [4.78, 5) is 34.1. The van der Waals surface area contributed by atoms with E-state index in [1.807, 2.05) is 63.7 Å². The Kier molecular flexibility index (Phi) is 7.13. The van der Waals surface area contributed by atoms with Crippen molar-refractivity contribution in [2.24, 2.45) is 7.05 Å². The summed E-state index contributed by atoms with van der Waals surface area (Å²) in [5.74, 6) is 1.50. The number of aryl methyl sites for hydroxylation is 2. The van der Waals surface area contributed by atoms with E-state index in [1.54, 1.807) is 23.4 Å². The standard InChI is InChI=1S/C28H31N9O3/c1-18-12-19(14-29)30-16-22(18)39-24-13-21(25-26(34-24)35(5)17-32-25)33-23-7-6-20(15-31-23)36-8-10-37(11-9-36)27(38)40-28(2,3)4/h6-7,12-13,15-17H,8-11H2,1-5H3,(H,31,33,34). The minimum atomic E-state index is -0.511. The van der Waals surface area contributed by atoms with Gasteiger partial charge in [0.15, 0.2) is 11.4 Å². The molecule has 4 aromatic rings. The summed E-state index contributed by atoms with van der Waals surface area (Å²) in [7, 11) is 1.86. The topological polar surface area (TPSA) is 134 Å². The number of piperazine rings is 1. The van der Waals surface area contributed by atoms with Gasteiger partial charge in [0.2, 0.25) is 5.88 Å². The van der Waals surface area contributed by atoms with Crippen LogP contribution in [0.15, 0.2) is 43.0 Å². The maximum Gasteiger partial charge on any atom is 0.410 e. The molecule has 0 bridgehead atoms. The lowest BCUT2D eigenvalue weighted by Gasteiger charge is -2.36. The third-order valence-corrected chi connectivity index (χ3v) is 6.34. The first-order chi connectivity index (χ1) is 19.1. The van der Waals surface area contributed by atoms with Crippen LogP contribution in [-0.4, -0.2) is 67.3 Å². The van der Waals surface area contributed by atoms with Crippen molar-refractivity contribution in [1.82, 2.24) is 29.4 Å². The lowest BCUT2D eigenvalue weighted by molar-refractivity contribution is 0.0240. The predicted octanol–water partition coefficient (Wildman–Crippen LogP) is 4.53. The van der Waals surface area contributed by atoms with Crippen molar-refractivity contribution in [3.63, 3.8) is 0 Å². The number of carbonyl (C=O) groups excluding carboxylic acids is 1. The molecule has 0 aromatic carbocycles. The summed E-state index contributed by atoms with van der Waals surface area (Å²) in [5, 5.41) is 12.4. The monoisotopic (exact) mass is 541 g/mol. The number of amides is 1. The molecule has 0 spiro atoms. The number of imidazole rings is 1. The van der Waals surface area contributed by atoms with Crippen LogP contribution in [0.25, 0.3) is 11.2 Å². The number of fused-ring (bicyclic) bond motifs is 1. The van der Waals surface area contributed by atoms with Crippen molar-refractivity contribution in [2.45, 2.75) is 33.3 Å². The molecular weight excluding hydrogens is 510 g/mol. The molecule has 1 N–H and O–H groups in total. The molecule has 4 aromatic heterocycles. The number of aromatic nitrogens is 5. The largest absolute Gasteiger partial charge is 0.444 e. The maximum atomic E-state index is 12.4. The molecule has 0 atom stereocenters. The van der Waals surface area contributed by atoms with Crippen LogP contribution in [-0.2, 0) is 11.8 Å². The molecule has 1 aliphatic rings. The molecule has 0 aliphatic carbocycles. The molecule has 1 aliphatic heterocycles. The number of pyridine rings is 3. The third kappa shape index (κ3) is 5.88. The average Bonchev–Trinajstić information content (AvgIpc) is 3.30. The zero-order valence-electron chi connectivity index (χ0n) is 23.2. The van der Waals surface area contributed by atoms with E-state index >= 15 is 0 Å². The number of ether oxygens (including phenoxy) is 2. The molecule has 12 heteroatoms. The van der Waals surface area contributed by atoms with Gasteiger partial charge in [-0.1, -0.05) is 0 Å². The van der Waals surface area contributed by atoms with Crippen LogP contribution < -0.4 is 15.0 Å². The highest BCUT2D eigenvalue weighted by molar-refractivity contribution is 5.88. The first-order valence-electron chi connectivity index (χ1n) is 12.9. The molecule has 12 nitrogen and oxygen atoms in total. The average molecular weight is 542 g/mol. The smallest absolute Gasteiger partial charge is 0.410 e. The fourth-order valence-corrected chi connectivity index (χ4v) is 4.30. The third-order valence-electron chi connectivity index (χ3n) is 6.34. The number of nitriles is 1. The summed E-state index contributed by atoms with van der Waals surface area (Å²) in [6, 6.07) is 9.36. The van der Waals surface area contributed by atoms with Gasteiger partial charge in [0.25, 0.3) is 0 Å². The molecule has 5 heterocycles. The molecule has 1 fully saturated rings. The number of nitrogens with zero attached hydrogens (tertiary/aromatic N) is 8. The Bertz CT molecular complexity index is 1580. The molecule has 206 valence electrons. The fourth-order valence-electron chi connectivity index (χ4n) is 4.30. The molecule has 1 amide bonds. The number of hydrogen-bond acceptors (Lipinski definition) is 10. The van der Waals surface area contributed by atoms with Gasteiger partial charge >= 0.3 is 6.09 Å². The summed E-state index contributed by atoms with van der Waals surface area (Å²) < 4.78 is 13.3. The van der Waals surface area contributed by atoms with E-state index in [-0.39, 0.29) is 6.09 Å². The summed E-state index contributed by atoms with van der Waals surface area (Å²) >= 11 is 0. The first-order valence-corrected chi connectivity index (χ1v) is 12.9. The second kappa shape index (κ2) is 10.7. The van der Waals surface area contributed by atoms with Crippen LogP contribution in [0.3, 0.4) is 0 Å². The zero-order chi connectivity index (χ0) is 28.4. The van der Waals surface area contributed by atoms with Crippen molar-refractivity contribution >= 4 is 34.4 Å². The molecule has 40 heavy (non-hydrogen) atoms. The maximum absolute atomic E-state index is 12.4. The van der Waals surface area contributed by atoms with Gasteiger partial charge in [-0.05, 0) is 51.5 Å². The summed E-state index contributed by atoms with van der Waals surface area (Å²) in [5.41, 5.74) is 3.56. The van der Waals surface area contributed by atoms with Crippen LogP contribution >= 0.6 is 0 Å². The fraction of sp³-hybridized carbons (Fsp3) is 0.357. The SMILES string of the molecule is Cc1cc(C#N)ncc1Oc1cc(Nc2ccc(N3CCN(C(=O)OC(C)(C)C)CC3)cn2)c2ncn(C)c2n1. The normalized spacial score (nSPS) is 13.7. The number of nitrogens with one attached hydrogen (secondary N) is 1. The first kappa shape index (κ1) is 26.7. The van der Waals surface area contributed by atoms with Gasteiger partial charge in [-0.3, -0.25) is 0 Å². The quantitative estimate of drug-likeness (QED) is 0.384. The van der Waals surface area contributed by atoms with Gasteiger partial charge in [0.05, 0.1) is 30.1 Å². The Balaban J connectivity index is 1.30. The van der Waals surface area contributed by atoms with Crippen molar-refractivity contribution < 1.29 is 14.3 Å². The molecule has 1 saturated heterocycles. The van der Waals surface area contributed by atoms with Crippen LogP contribution in [0.5, 0.6) is 11.6 Å². The highest BCUT2D eigenvalue weighted by Crippen LogP contribution is 2.31. The second-order valence-electron chi connectivity index (χ2n) is 10.6. The highest BCUT2D eigenvalue weighted by atomic mass is 16.6. The van der Waals surface area contributed by atoms with E-state index in [0.29, 0.717) is 66.2 Å². The van der Waals surface area contributed by atoms with E-state index in [4.69, 9.17) is 14.7 Å². The van der Waals surface area contributed by atoms with Gasteiger partial charge in [0.1, 0.15) is 28.7 Å². The van der Waals surface area contributed by atoms with E-state index < -0.39 is 5.60 Å². The van der Waals surface area contributed by atoms with E-state index in [0.717, 1.165) is 11.3 Å². The minimum Gasteiger partial charge on any atom is -0.444 e. The number of anilines is 3. The lowest BCUT2D eigenvalue weighted by Crippen LogP contribution is -2.50. The van der Waals surface area contributed by atoms with Crippen molar-refractivity contribution in [2.75, 3.05) is 36.4 Å². The van der Waals surface area contributed by atoms with Crippen molar-refractivity contribution in [3.8, 4) is 17.7 Å². The van der Waals surface area contributed by atoms with Gasteiger partial charge in [-0.15, -0.1) is 0 Å². The Morgan fingerprint density at radius 3 is 2.50 bits per heavy atom. The van der Waals surface area contributed by atoms with E-state index in [1.165, 1.54) is 6.20 Å². The highest BCUT2D eigenvalue weighted by Gasteiger charge is 2.26. The molecular formula is C28H31N9O3. The van der Waals surface area contributed by atoms with Crippen LogP contribution in [0.4, 0.5) is 22.0 Å². The minimum absolute atomic E-state index is 0.281. The van der Waals surface area contributed by atoms with Gasteiger partial charge in [0, 0.05) is 39.3 Å². The predicted molar refractivity (Wildman–Crippen MR) is 150 cm³/mol. The Hall–Kier alpha value is -4.92. The summed E-state index contributed by atoms with van der Waals surface area (Å²) in [6.07, 6.45) is 4.74. The Morgan fingerprint density at radius 2 is 1.85 bits per heavy atom. The van der Waals surface area contributed by atoms with Gasteiger partial charge in [-0.25, -0.2) is 19.7 Å². The van der Waals surface area contributed by atoms with E-state index in [9.17, 15) is 4.79 Å². The Morgan fingerprint density at radius 1 is 1.07 bits per heavy atom. The van der Waals surface area contributed by atoms with Crippen LogP contribution in [0, 0.1) is 18.3 Å². The molecule has 0 saturated carbocycles. The van der Waals surface area contributed by atoms with Gasteiger partial charge < -0.3 is 29.2 Å². The van der Waals surface area contributed by atoms with Crippen molar-refractivity contribution in [1.29, 1.82) is 5.26 Å². The van der Waals surface area contributed by atoms with E-state index in [2.05, 4.69) is 30.2 Å². The van der Waals surface area contributed by atoms with Crippen molar-refractivity contribution in [3.05, 3.63) is 54.2 Å². The lowest BCUT2D eigenvalue weighted by atomic mass is 10.2. The number of hydrogen-bond donors (Lipinski definition) is 1. The molecule has 0 unspecified atom stereocenters. The second-order valence-corrected chi connectivity index (χ2v) is 10.6.